The van der Waals surface area contributed by atoms with Crippen molar-refractivity contribution < 1.29 is 4.42 Å². The Bertz CT molecular complexity index is 1230. The first-order chi connectivity index (χ1) is 16.4. The van der Waals surface area contributed by atoms with Crippen molar-refractivity contribution in [2.24, 2.45) is 5.92 Å². The minimum absolute atomic E-state index is 0.154. The van der Waals surface area contributed by atoms with Crippen LogP contribution in [-0.4, -0.2) is 11.9 Å². The third kappa shape index (κ3) is 4.87. The minimum atomic E-state index is 0.154. The highest BCUT2D eigenvalue weighted by atomic mass is 16.3. The molecule has 1 heterocycles. The Morgan fingerprint density at radius 3 is 2.18 bits per heavy atom. The lowest BCUT2D eigenvalue weighted by atomic mass is 9.75. The van der Waals surface area contributed by atoms with Gasteiger partial charge in [-0.15, -0.1) is 0 Å². The quantitative estimate of drug-likeness (QED) is 0.346. The third-order valence-electron chi connectivity index (χ3n) is 6.77. The molecule has 0 aliphatic heterocycles. The van der Waals surface area contributed by atoms with Crippen molar-refractivity contribution in [3.63, 3.8) is 0 Å². The summed E-state index contributed by atoms with van der Waals surface area (Å²) in [6.45, 7) is 16.0. The fourth-order valence-electron chi connectivity index (χ4n) is 5.14. The second-order valence-corrected chi connectivity index (χ2v) is 9.52. The maximum atomic E-state index is 5.86. The van der Waals surface area contributed by atoms with Crippen molar-refractivity contribution in [1.29, 1.82) is 0 Å². The Balaban J connectivity index is 1.73. The van der Waals surface area contributed by atoms with Crippen LogP contribution in [0.2, 0.25) is 0 Å². The van der Waals surface area contributed by atoms with Crippen LogP contribution in [0.25, 0.3) is 0 Å². The molecule has 1 aliphatic rings. The number of furan rings is 1. The molecule has 3 aromatic rings. The molecule has 0 amide bonds. The predicted octanol–water partition coefficient (Wildman–Crippen LogP) is 8.07. The molecule has 1 aliphatic carbocycles. The molecule has 2 nitrogen and oxygen atoms in total. The molecular formula is C32H35NO. The lowest BCUT2D eigenvalue weighted by molar-refractivity contribution is 0.325. The van der Waals surface area contributed by atoms with Gasteiger partial charge in [0.25, 0.3) is 0 Å². The van der Waals surface area contributed by atoms with E-state index >= 15 is 0 Å². The van der Waals surface area contributed by atoms with E-state index in [1.165, 1.54) is 33.5 Å². The van der Waals surface area contributed by atoms with Gasteiger partial charge in [-0.3, -0.25) is 0 Å². The topological polar surface area (TPSA) is 16.4 Å². The number of hydrogen-bond acceptors (Lipinski definition) is 2. The van der Waals surface area contributed by atoms with Crippen molar-refractivity contribution >= 4 is 0 Å². The van der Waals surface area contributed by atoms with Crippen LogP contribution in [0.4, 0.5) is 0 Å². The zero-order valence-corrected chi connectivity index (χ0v) is 20.8. The van der Waals surface area contributed by atoms with Gasteiger partial charge < -0.3 is 9.32 Å². The van der Waals surface area contributed by atoms with Gasteiger partial charge in [-0.05, 0) is 60.2 Å². The molecule has 1 aromatic heterocycles. The Morgan fingerprint density at radius 1 is 0.882 bits per heavy atom. The van der Waals surface area contributed by atoms with Crippen molar-refractivity contribution in [2.75, 3.05) is 7.05 Å². The fraction of sp³-hybridized carbons (Fsp3) is 0.250. The van der Waals surface area contributed by atoms with Crippen molar-refractivity contribution in [3.05, 3.63) is 143 Å². The van der Waals surface area contributed by atoms with Gasteiger partial charge in [-0.1, -0.05) is 86.3 Å². The summed E-state index contributed by atoms with van der Waals surface area (Å²) in [5, 5.41) is 0. The summed E-state index contributed by atoms with van der Waals surface area (Å²) in [4.78, 5) is 2.41. The Hall–Kier alpha value is -3.52. The molecular weight excluding hydrogens is 414 g/mol. The third-order valence-corrected chi connectivity index (χ3v) is 6.77. The molecule has 4 rings (SSSR count). The lowest BCUT2D eigenvalue weighted by Gasteiger charge is -2.38. The average Bonchev–Trinajstić information content (AvgIpc) is 3.35. The van der Waals surface area contributed by atoms with Crippen LogP contribution in [0, 0.1) is 5.92 Å². The van der Waals surface area contributed by atoms with E-state index in [4.69, 9.17) is 4.42 Å². The molecule has 2 atom stereocenters. The van der Waals surface area contributed by atoms with Gasteiger partial charge in [0.15, 0.2) is 0 Å². The Labute approximate surface area is 204 Å². The number of rotatable bonds is 8. The van der Waals surface area contributed by atoms with Crippen LogP contribution >= 0.6 is 0 Å². The van der Waals surface area contributed by atoms with Gasteiger partial charge in [-0.25, -0.2) is 0 Å². The number of allylic oxidation sites excluding steroid dienone is 6. The van der Waals surface area contributed by atoms with Gasteiger partial charge in [0.1, 0.15) is 5.76 Å². The molecule has 0 radical (unpaired) electrons. The SMILES string of the molecule is C=C(C)C1=CC(c2ccco2)C(C)C(N(C)Cc2ccccc2Cc2ccccc2)=C1C(=C)C. The van der Waals surface area contributed by atoms with E-state index < -0.39 is 0 Å². The average molecular weight is 450 g/mol. The molecule has 2 heteroatoms. The first-order valence-electron chi connectivity index (χ1n) is 12.0. The summed E-state index contributed by atoms with van der Waals surface area (Å²) in [5.74, 6) is 1.39. The second kappa shape index (κ2) is 10.2. The molecule has 34 heavy (non-hydrogen) atoms. The van der Waals surface area contributed by atoms with Gasteiger partial charge in [-0.2, -0.15) is 0 Å². The van der Waals surface area contributed by atoms with Gasteiger partial charge in [0.2, 0.25) is 0 Å². The standard InChI is InChI=1S/C32H35NO/c1-22(2)28-20-29(30-17-12-18-34-30)24(5)32(31(28)23(3)4)33(6)21-27-16-11-10-15-26(27)19-25-13-8-7-9-14-25/h7-18,20,24,29H,1,3,19,21H2,2,4-6H3. The lowest BCUT2D eigenvalue weighted by Crippen LogP contribution is -2.30. The smallest absolute Gasteiger partial charge is 0.111 e. The molecule has 2 unspecified atom stereocenters. The largest absolute Gasteiger partial charge is 0.469 e. The van der Waals surface area contributed by atoms with E-state index in [0.29, 0.717) is 0 Å². The normalized spacial score (nSPS) is 17.9. The summed E-state index contributed by atoms with van der Waals surface area (Å²) in [6, 6.07) is 23.5. The van der Waals surface area contributed by atoms with Gasteiger partial charge in [0, 0.05) is 36.7 Å². The van der Waals surface area contributed by atoms with Gasteiger partial charge in [0.05, 0.1) is 6.26 Å². The van der Waals surface area contributed by atoms with E-state index in [-0.39, 0.29) is 11.8 Å². The Kier molecular flexibility index (Phi) is 7.07. The summed E-state index contributed by atoms with van der Waals surface area (Å²) in [6.07, 6.45) is 5.01. The molecule has 0 N–H and O–H groups in total. The van der Waals surface area contributed by atoms with E-state index in [1.807, 2.05) is 6.07 Å². The van der Waals surface area contributed by atoms with E-state index in [2.05, 4.69) is 113 Å². The molecule has 0 saturated heterocycles. The van der Waals surface area contributed by atoms with Crippen molar-refractivity contribution in [3.8, 4) is 0 Å². The van der Waals surface area contributed by atoms with Crippen molar-refractivity contribution in [1.82, 2.24) is 4.90 Å². The summed E-state index contributed by atoms with van der Waals surface area (Å²) in [5.41, 5.74) is 9.84. The van der Waals surface area contributed by atoms with Crippen LogP contribution in [0.5, 0.6) is 0 Å². The number of nitrogens with zero attached hydrogens (tertiary/aromatic N) is 1. The summed E-state index contributed by atoms with van der Waals surface area (Å²) in [7, 11) is 2.20. The molecule has 0 saturated carbocycles. The molecule has 0 spiro atoms. The minimum Gasteiger partial charge on any atom is -0.469 e. The predicted molar refractivity (Wildman–Crippen MR) is 143 cm³/mol. The highest BCUT2D eigenvalue weighted by Crippen LogP contribution is 2.45. The van der Waals surface area contributed by atoms with E-state index in [0.717, 1.165) is 29.9 Å². The highest BCUT2D eigenvalue weighted by Gasteiger charge is 2.33. The summed E-state index contributed by atoms with van der Waals surface area (Å²) < 4.78 is 5.86. The van der Waals surface area contributed by atoms with Crippen LogP contribution in [0.15, 0.2) is 125 Å². The summed E-state index contributed by atoms with van der Waals surface area (Å²) >= 11 is 0. The van der Waals surface area contributed by atoms with Crippen LogP contribution in [0.3, 0.4) is 0 Å². The van der Waals surface area contributed by atoms with Gasteiger partial charge >= 0.3 is 0 Å². The first-order valence-corrected chi connectivity index (χ1v) is 12.0. The molecule has 0 bridgehead atoms. The molecule has 0 fully saturated rings. The maximum Gasteiger partial charge on any atom is 0.111 e. The monoisotopic (exact) mass is 449 g/mol. The fourth-order valence-corrected chi connectivity index (χ4v) is 5.14. The highest BCUT2D eigenvalue weighted by molar-refractivity contribution is 5.59. The zero-order valence-electron chi connectivity index (χ0n) is 20.8. The number of hydrogen-bond donors (Lipinski definition) is 0. The molecule has 174 valence electrons. The maximum absolute atomic E-state index is 5.86. The van der Waals surface area contributed by atoms with Crippen LogP contribution in [-0.2, 0) is 13.0 Å². The van der Waals surface area contributed by atoms with E-state index in [1.54, 1.807) is 6.26 Å². The zero-order chi connectivity index (χ0) is 24.2. The number of benzene rings is 2. The second-order valence-electron chi connectivity index (χ2n) is 9.52. The Morgan fingerprint density at radius 2 is 1.56 bits per heavy atom. The van der Waals surface area contributed by atoms with E-state index in [9.17, 15) is 0 Å². The van der Waals surface area contributed by atoms with Crippen molar-refractivity contribution in [2.45, 2.75) is 39.7 Å². The first kappa shape index (κ1) is 23.6. The van der Waals surface area contributed by atoms with Crippen LogP contribution < -0.4 is 0 Å². The van der Waals surface area contributed by atoms with Crippen LogP contribution in [0.1, 0.15) is 49.1 Å². The molecule has 2 aromatic carbocycles.